The lowest BCUT2D eigenvalue weighted by Gasteiger charge is -2.24. The zero-order valence-corrected chi connectivity index (χ0v) is 10.3. The first-order chi connectivity index (χ1) is 7.36. The van der Waals surface area contributed by atoms with Gasteiger partial charge in [0.15, 0.2) is 0 Å². The molecule has 88 valence electrons. The number of nitrogens with two attached hydrogens (primary N) is 1. The Morgan fingerprint density at radius 2 is 2.00 bits per heavy atom. The van der Waals surface area contributed by atoms with Crippen molar-refractivity contribution < 1.29 is 5.11 Å². The smallest absolute Gasteiger partial charge is 0.0840 e. The Balaban J connectivity index is 2.37. The standard InChI is InChI=1S/C14H21NO/c1-10(15)14(7-8-14)12-6-4-5-11(9-12)13(2,3)16/h4-6,9-10,16H,7-8,15H2,1-3H3. The highest BCUT2D eigenvalue weighted by atomic mass is 16.3. The Morgan fingerprint density at radius 3 is 2.44 bits per heavy atom. The molecule has 0 amide bonds. The van der Waals surface area contributed by atoms with E-state index >= 15 is 0 Å². The van der Waals surface area contributed by atoms with Crippen molar-refractivity contribution >= 4 is 0 Å². The second-order valence-corrected chi connectivity index (χ2v) is 5.58. The summed E-state index contributed by atoms with van der Waals surface area (Å²) in [7, 11) is 0. The van der Waals surface area contributed by atoms with Crippen LogP contribution in [-0.4, -0.2) is 11.1 Å². The summed E-state index contributed by atoms with van der Waals surface area (Å²) >= 11 is 0. The van der Waals surface area contributed by atoms with Crippen molar-refractivity contribution in [2.24, 2.45) is 5.73 Å². The second kappa shape index (κ2) is 3.57. The molecule has 1 aromatic rings. The van der Waals surface area contributed by atoms with Crippen LogP contribution in [0.3, 0.4) is 0 Å². The van der Waals surface area contributed by atoms with Gasteiger partial charge in [0.05, 0.1) is 5.60 Å². The van der Waals surface area contributed by atoms with Crippen molar-refractivity contribution in [3.05, 3.63) is 35.4 Å². The highest BCUT2D eigenvalue weighted by Crippen LogP contribution is 2.50. The average Bonchev–Trinajstić information content (AvgIpc) is 2.97. The van der Waals surface area contributed by atoms with Crippen molar-refractivity contribution in [1.29, 1.82) is 0 Å². The predicted octanol–water partition coefficient (Wildman–Crippen LogP) is 2.29. The lowest BCUT2D eigenvalue weighted by Crippen LogP contribution is -2.31. The van der Waals surface area contributed by atoms with Crippen LogP contribution < -0.4 is 5.73 Å². The fourth-order valence-electron chi connectivity index (χ4n) is 2.35. The monoisotopic (exact) mass is 219 g/mol. The van der Waals surface area contributed by atoms with Crippen LogP contribution in [0.1, 0.15) is 44.7 Å². The van der Waals surface area contributed by atoms with Crippen LogP contribution in [0.5, 0.6) is 0 Å². The van der Waals surface area contributed by atoms with E-state index in [-0.39, 0.29) is 11.5 Å². The van der Waals surface area contributed by atoms with Crippen LogP contribution in [0.2, 0.25) is 0 Å². The number of hydrogen-bond donors (Lipinski definition) is 2. The summed E-state index contributed by atoms with van der Waals surface area (Å²) in [6.07, 6.45) is 2.33. The lowest BCUT2D eigenvalue weighted by atomic mass is 9.86. The molecular formula is C14H21NO. The third kappa shape index (κ3) is 1.87. The largest absolute Gasteiger partial charge is 0.386 e. The molecule has 0 aliphatic heterocycles. The summed E-state index contributed by atoms with van der Waals surface area (Å²) in [4.78, 5) is 0. The van der Waals surface area contributed by atoms with E-state index in [2.05, 4.69) is 19.1 Å². The molecule has 1 aliphatic carbocycles. The molecule has 2 rings (SSSR count). The minimum absolute atomic E-state index is 0.168. The van der Waals surface area contributed by atoms with E-state index in [1.807, 2.05) is 26.0 Å². The molecule has 1 aromatic carbocycles. The van der Waals surface area contributed by atoms with Gasteiger partial charge in [0.25, 0.3) is 0 Å². The van der Waals surface area contributed by atoms with E-state index < -0.39 is 5.60 Å². The van der Waals surface area contributed by atoms with E-state index in [4.69, 9.17) is 5.73 Å². The predicted molar refractivity (Wildman–Crippen MR) is 66.2 cm³/mol. The van der Waals surface area contributed by atoms with Gasteiger partial charge in [0.1, 0.15) is 0 Å². The minimum Gasteiger partial charge on any atom is -0.386 e. The van der Waals surface area contributed by atoms with Gasteiger partial charge in [-0.25, -0.2) is 0 Å². The molecule has 1 unspecified atom stereocenters. The van der Waals surface area contributed by atoms with Gasteiger partial charge in [-0.2, -0.15) is 0 Å². The summed E-state index contributed by atoms with van der Waals surface area (Å²) in [6.45, 7) is 5.71. The van der Waals surface area contributed by atoms with Gasteiger partial charge in [0.2, 0.25) is 0 Å². The maximum atomic E-state index is 10.0. The molecule has 2 heteroatoms. The first-order valence-electron chi connectivity index (χ1n) is 5.95. The lowest BCUT2D eigenvalue weighted by molar-refractivity contribution is 0.0784. The Bertz CT molecular complexity index is 386. The van der Waals surface area contributed by atoms with E-state index in [0.717, 1.165) is 5.56 Å². The van der Waals surface area contributed by atoms with Crippen LogP contribution >= 0.6 is 0 Å². The Morgan fingerprint density at radius 1 is 1.38 bits per heavy atom. The Labute approximate surface area is 97.5 Å². The van der Waals surface area contributed by atoms with Crippen molar-refractivity contribution in [2.75, 3.05) is 0 Å². The zero-order chi connectivity index (χ0) is 12.0. The molecule has 1 aliphatic rings. The molecule has 1 saturated carbocycles. The van der Waals surface area contributed by atoms with Crippen LogP contribution in [0.4, 0.5) is 0 Å². The molecule has 3 N–H and O–H groups in total. The summed E-state index contributed by atoms with van der Waals surface area (Å²) < 4.78 is 0. The molecule has 2 nitrogen and oxygen atoms in total. The van der Waals surface area contributed by atoms with Crippen LogP contribution in [0, 0.1) is 0 Å². The number of aliphatic hydroxyl groups is 1. The van der Waals surface area contributed by atoms with Gasteiger partial charge in [-0.05, 0) is 44.7 Å². The van der Waals surface area contributed by atoms with E-state index in [9.17, 15) is 5.11 Å². The molecule has 0 heterocycles. The quantitative estimate of drug-likeness (QED) is 0.819. The Hall–Kier alpha value is -0.860. The highest BCUT2D eigenvalue weighted by molar-refractivity contribution is 5.38. The molecular weight excluding hydrogens is 198 g/mol. The van der Waals surface area contributed by atoms with Crippen LogP contribution in [-0.2, 0) is 11.0 Å². The van der Waals surface area contributed by atoms with E-state index in [0.29, 0.717) is 0 Å². The summed E-state index contributed by atoms with van der Waals surface area (Å²) in [5.74, 6) is 0. The van der Waals surface area contributed by atoms with E-state index in [1.165, 1.54) is 18.4 Å². The topological polar surface area (TPSA) is 46.2 Å². The second-order valence-electron chi connectivity index (χ2n) is 5.58. The molecule has 16 heavy (non-hydrogen) atoms. The molecule has 0 aromatic heterocycles. The number of benzene rings is 1. The first kappa shape index (κ1) is 11.6. The van der Waals surface area contributed by atoms with E-state index in [1.54, 1.807) is 0 Å². The summed E-state index contributed by atoms with van der Waals surface area (Å²) in [6, 6.07) is 8.41. The summed E-state index contributed by atoms with van der Waals surface area (Å²) in [5, 5.41) is 10.0. The van der Waals surface area contributed by atoms with Crippen molar-refractivity contribution in [2.45, 2.75) is 50.7 Å². The summed E-state index contributed by atoms with van der Waals surface area (Å²) in [5.41, 5.74) is 7.70. The maximum absolute atomic E-state index is 10.0. The average molecular weight is 219 g/mol. The van der Waals surface area contributed by atoms with Crippen molar-refractivity contribution in [3.8, 4) is 0 Å². The first-order valence-corrected chi connectivity index (χ1v) is 5.95. The maximum Gasteiger partial charge on any atom is 0.0840 e. The van der Waals surface area contributed by atoms with Gasteiger partial charge in [-0.1, -0.05) is 24.3 Å². The van der Waals surface area contributed by atoms with Crippen molar-refractivity contribution in [1.82, 2.24) is 0 Å². The molecule has 1 fully saturated rings. The van der Waals surface area contributed by atoms with Gasteiger partial charge in [-0.3, -0.25) is 0 Å². The fourth-order valence-corrected chi connectivity index (χ4v) is 2.35. The SMILES string of the molecule is CC(N)C1(c2cccc(C(C)(C)O)c2)CC1. The van der Waals surface area contributed by atoms with Crippen LogP contribution in [0.15, 0.2) is 24.3 Å². The number of hydrogen-bond acceptors (Lipinski definition) is 2. The van der Waals surface area contributed by atoms with Crippen LogP contribution in [0.25, 0.3) is 0 Å². The van der Waals surface area contributed by atoms with Crippen molar-refractivity contribution in [3.63, 3.8) is 0 Å². The number of rotatable bonds is 3. The van der Waals surface area contributed by atoms with Gasteiger partial charge < -0.3 is 10.8 Å². The molecule has 0 bridgehead atoms. The minimum atomic E-state index is -0.774. The zero-order valence-electron chi connectivity index (χ0n) is 10.3. The molecule has 0 radical (unpaired) electrons. The van der Waals surface area contributed by atoms with Gasteiger partial charge in [-0.15, -0.1) is 0 Å². The third-order valence-electron chi connectivity index (χ3n) is 3.80. The van der Waals surface area contributed by atoms with Gasteiger partial charge >= 0.3 is 0 Å². The highest BCUT2D eigenvalue weighted by Gasteiger charge is 2.47. The molecule has 0 saturated heterocycles. The van der Waals surface area contributed by atoms with Gasteiger partial charge in [0, 0.05) is 11.5 Å². The molecule has 0 spiro atoms. The normalized spacial score (nSPS) is 20.6. The third-order valence-corrected chi connectivity index (χ3v) is 3.80. The fraction of sp³-hybridized carbons (Fsp3) is 0.571. The molecule has 1 atom stereocenters. The Kier molecular flexibility index (Phi) is 2.59.